The summed E-state index contributed by atoms with van der Waals surface area (Å²) in [5.74, 6) is -2.42. The molecule has 2 atom stereocenters. The number of anilines is 1. The largest absolute Gasteiger partial charge is 0.465 e. The van der Waals surface area contributed by atoms with Crippen molar-refractivity contribution in [1.82, 2.24) is 9.55 Å². The standard InChI is InChI=1S/C19H16FN3O3/c1-2-26-18(25)15-16(11-6-5-7-12(20)10-11)23-14-9-4-3-8-13(14)21-19(23)22-17(15)24/h3-10,15-16H,2H2,1H3,(H,21,22,24). The number of benzene rings is 2. The number of nitrogens with one attached hydrogen (secondary N) is 1. The van der Waals surface area contributed by atoms with Gasteiger partial charge in [0.25, 0.3) is 0 Å². The van der Waals surface area contributed by atoms with E-state index in [-0.39, 0.29) is 6.61 Å². The van der Waals surface area contributed by atoms with Gasteiger partial charge in [0.15, 0.2) is 5.92 Å². The van der Waals surface area contributed by atoms with Crippen LogP contribution >= 0.6 is 0 Å². The predicted molar refractivity (Wildman–Crippen MR) is 93.0 cm³/mol. The summed E-state index contributed by atoms with van der Waals surface area (Å²) >= 11 is 0. The van der Waals surface area contributed by atoms with E-state index in [1.54, 1.807) is 23.6 Å². The highest BCUT2D eigenvalue weighted by molar-refractivity contribution is 6.07. The molecule has 6 nitrogen and oxygen atoms in total. The number of rotatable bonds is 3. The molecule has 0 spiro atoms. The average molecular weight is 353 g/mol. The van der Waals surface area contributed by atoms with Gasteiger partial charge in [-0.1, -0.05) is 24.3 Å². The lowest BCUT2D eigenvalue weighted by Gasteiger charge is -2.32. The zero-order valence-electron chi connectivity index (χ0n) is 14.0. The van der Waals surface area contributed by atoms with Crippen LogP contribution in [0, 0.1) is 11.7 Å². The maximum atomic E-state index is 13.9. The van der Waals surface area contributed by atoms with E-state index < -0.39 is 29.7 Å². The van der Waals surface area contributed by atoms with Crippen molar-refractivity contribution in [1.29, 1.82) is 0 Å². The maximum absolute atomic E-state index is 13.9. The smallest absolute Gasteiger partial charge is 0.321 e. The maximum Gasteiger partial charge on any atom is 0.321 e. The van der Waals surface area contributed by atoms with Gasteiger partial charge in [0.1, 0.15) is 5.82 Å². The summed E-state index contributed by atoms with van der Waals surface area (Å²) in [4.78, 5) is 29.6. The van der Waals surface area contributed by atoms with Crippen LogP contribution in [0.25, 0.3) is 11.0 Å². The first-order valence-corrected chi connectivity index (χ1v) is 8.30. The molecule has 1 aromatic heterocycles. The predicted octanol–water partition coefficient (Wildman–Crippen LogP) is 2.90. The van der Waals surface area contributed by atoms with Crippen molar-refractivity contribution in [3.05, 3.63) is 59.9 Å². The van der Waals surface area contributed by atoms with Gasteiger partial charge in [-0.25, -0.2) is 9.37 Å². The summed E-state index contributed by atoms with van der Waals surface area (Å²) in [6.07, 6.45) is 0. The lowest BCUT2D eigenvalue weighted by molar-refractivity contribution is -0.152. The minimum absolute atomic E-state index is 0.149. The van der Waals surface area contributed by atoms with Gasteiger partial charge in [-0.2, -0.15) is 0 Å². The number of ether oxygens (including phenoxy) is 1. The molecule has 132 valence electrons. The molecule has 0 fully saturated rings. The zero-order chi connectivity index (χ0) is 18.3. The molecule has 2 heterocycles. The number of hydrogen-bond acceptors (Lipinski definition) is 4. The third-order valence-corrected chi connectivity index (χ3v) is 4.44. The van der Waals surface area contributed by atoms with Crippen LogP contribution in [0.5, 0.6) is 0 Å². The fraction of sp³-hybridized carbons (Fsp3) is 0.211. The first-order valence-electron chi connectivity index (χ1n) is 8.30. The monoisotopic (exact) mass is 353 g/mol. The molecule has 0 aliphatic carbocycles. The number of nitrogens with zero attached hydrogens (tertiary/aromatic N) is 2. The second kappa shape index (κ2) is 6.25. The van der Waals surface area contributed by atoms with Crippen molar-refractivity contribution < 1.29 is 18.7 Å². The van der Waals surface area contributed by atoms with Crippen molar-refractivity contribution in [3.63, 3.8) is 0 Å². The van der Waals surface area contributed by atoms with Gasteiger partial charge in [0.05, 0.1) is 23.7 Å². The van der Waals surface area contributed by atoms with E-state index >= 15 is 0 Å². The second-order valence-corrected chi connectivity index (χ2v) is 6.01. The van der Waals surface area contributed by atoms with E-state index in [1.807, 2.05) is 24.3 Å². The molecule has 2 aromatic carbocycles. The fourth-order valence-electron chi connectivity index (χ4n) is 3.39. The van der Waals surface area contributed by atoms with Gasteiger partial charge in [-0.05, 0) is 36.8 Å². The highest BCUT2D eigenvalue weighted by atomic mass is 19.1. The number of aromatic nitrogens is 2. The first kappa shape index (κ1) is 16.3. The van der Waals surface area contributed by atoms with Crippen molar-refractivity contribution in [2.45, 2.75) is 13.0 Å². The van der Waals surface area contributed by atoms with Crippen LogP contribution in [0.3, 0.4) is 0 Å². The van der Waals surface area contributed by atoms with Crippen LogP contribution in [-0.4, -0.2) is 28.0 Å². The van der Waals surface area contributed by atoms with Crippen molar-refractivity contribution in [2.75, 3.05) is 11.9 Å². The lowest BCUT2D eigenvalue weighted by Crippen LogP contribution is -2.43. The fourth-order valence-corrected chi connectivity index (χ4v) is 3.39. The van der Waals surface area contributed by atoms with Gasteiger partial charge in [0, 0.05) is 0 Å². The van der Waals surface area contributed by atoms with E-state index in [0.717, 1.165) is 5.52 Å². The number of fused-ring (bicyclic) bond motifs is 3. The number of hydrogen-bond donors (Lipinski definition) is 1. The number of para-hydroxylation sites is 2. The molecule has 1 aliphatic heterocycles. The molecule has 0 bridgehead atoms. The Kier molecular flexibility index (Phi) is 3.91. The molecule has 1 N–H and O–H groups in total. The molecule has 1 aliphatic rings. The SMILES string of the molecule is CCOC(=O)C1C(=O)Nc2nc3ccccc3n2C1c1cccc(F)c1. The van der Waals surface area contributed by atoms with Crippen LogP contribution in [0.2, 0.25) is 0 Å². The number of carbonyl (C=O) groups excluding carboxylic acids is 2. The first-order chi connectivity index (χ1) is 12.6. The number of carbonyl (C=O) groups is 2. The van der Waals surface area contributed by atoms with Gasteiger partial charge in [-0.3, -0.25) is 14.9 Å². The summed E-state index contributed by atoms with van der Waals surface area (Å²) in [5, 5.41) is 2.67. The highest BCUT2D eigenvalue weighted by Gasteiger charge is 2.44. The summed E-state index contributed by atoms with van der Waals surface area (Å²) < 4.78 is 20.7. The minimum Gasteiger partial charge on any atom is -0.465 e. The van der Waals surface area contributed by atoms with Crippen LogP contribution in [0.1, 0.15) is 18.5 Å². The molecule has 0 saturated heterocycles. The Hall–Kier alpha value is -3.22. The third kappa shape index (κ3) is 2.52. The average Bonchev–Trinajstić information content (AvgIpc) is 2.98. The molecular formula is C19H16FN3O3. The normalized spacial score (nSPS) is 19.1. The summed E-state index contributed by atoms with van der Waals surface area (Å²) in [7, 11) is 0. The van der Waals surface area contributed by atoms with Gasteiger partial charge < -0.3 is 9.30 Å². The topological polar surface area (TPSA) is 73.2 Å². The second-order valence-electron chi connectivity index (χ2n) is 6.01. The number of amides is 1. The number of esters is 1. The Balaban J connectivity index is 1.97. The number of halogens is 1. The summed E-state index contributed by atoms with van der Waals surface area (Å²) in [6.45, 7) is 1.82. The van der Waals surface area contributed by atoms with Crippen LogP contribution < -0.4 is 5.32 Å². The van der Waals surface area contributed by atoms with E-state index in [2.05, 4.69) is 10.3 Å². The van der Waals surface area contributed by atoms with Gasteiger partial charge in [-0.15, -0.1) is 0 Å². The summed E-state index contributed by atoms with van der Waals surface area (Å²) in [5.41, 5.74) is 1.92. The van der Waals surface area contributed by atoms with Crippen LogP contribution in [0.15, 0.2) is 48.5 Å². The molecule has 7 heteroatoms. The molecular weight excluding hydrogens is 337 g/mol. The van der Waals surface area contributed by atoms with Crippen molar-refractivity contribution in [3.8, 4) is 0 Å². The summed E-state index contributed by atoms with van der Waals surface area (Å²) in [6, 6.07) is 12.5. The molecule has 1 amide bonds. The van der Waals surface area contributed by atoms with Gasteiger partial charge >= 0.3 is 5.97 Å². The van der Waals surface area contributed by atoms with E-state index in [4.69, 9.17) is 4.74 Å². The molecule has 0 saturated carbocycles. The van der Waals surface area contributed by atoms with Crippen LogP contribution in [-0.2, 0) is 14.3 Å². The Morgan fingerprint density at radius 1 is 1.27 bits per heavy atom. The van der Waals surface area contributed by atoms with Crippen molar-refractivity contribution in [2.24, 2.45) is 5.92 Å². The Morgan fingerprint density at radius 3 is 2.85 bits per heavy atom. The molecule has 26 heavy (non-hydrogen) atoms. The quantitative estimate of drug-likeness (QED) is 0.580. The lowest BCUT2D eigenvalue weighted by atomic mass is 9.90. The third-order valence-electron chi connectivity index (χ3n) is 4.44. The molecule has 4 rings (SSSR count). The zero-order valence-corrected chi connectivity index (χ0v) is 14.0. The molecule has 2 unspecified atom stereocenters. The molecule has 0 radical (unpaired) electrons. The highest BCUT2D eigenvalue weighted by Crippen LogP contribution is 2.38. The van der Waals surface area contributed by atoms with E-state index in [0.29, 0.717) is 17.0 Å². The van der Waals surface area contributed by atoms with Crippen molar-refractivity contribution >= 4 is 28.9 Å². The Bertz CT molecular complexity index is 1010. The van der Waals surface area contributed by atoms with E-state index in [1.165, 1.54) is 12.1 Å². The van der Waals surface area contributed by atoms with Gasteiger partial charge in [0.2, 0.25) is 11.9 Å². The molecule has 3 aromatic rings. The van der Waals surface area contributed by atoms with E-state index in [9.17, 15) is 14.0 Å². The minimum atomic E-state index is -1.14. The Labute approximate surface area is 148 Å². The van der Waals surface area contributed by atoms with Crippen LogP contribution in [0.4, 0.5) is 10.3 Å². The number of imidazole rings is 1. The Morgan fingerprint density at radius 2 is 2.08 bits per heavy atom.